The van der Waals surface area contributed by atoms with Gasteiger partial charge in [0.15, 0.2) is 0 Å². The van der Waals surface area contributed by atoms with Crippen LogP contribution in [0.2, 0.25) is 5.02 Å². The SMILES string of the molecule is CCOC(=O)[C@H]1CCCN(C(=O)CCc2c(-c3ccc(Cl)cc3)nc3ccc(-c4cccc(C(F)(F)F)c4)cn23)C1. The van der Waals surface area contributed by atoms with E-state index in [0.29, 0.717) is 60.0 Å². The standard InChI is InChI=1S/C31H29ClF3N3O3/c1-2-41-30(40)23-6-4-16-37(18-23)28(39)15-13-26-29(20-8-11-25(32)12-9-20)36-27-14-10-22(19-38(26)27)21-5-3-7-24(17-21)31(33,34)35/h3,5,7-12,14,17,19,23H,2,4,6,13,15-16,18H2,1H3/t23-/m0/s1. The maximum Gasteiger partial charge on any atom is 0.416 e. The number of carbonyl (C=O) groups is 2. The van der Waals surface area contributed by atoms with Gasteiger partial charge in [-0.25, -0.2) is 4.98 Å². The minimum atomic E-state index is -4.46. The zero-order valence-electron chi connectivity index (χ0n) is 22.5. The number of nitrogens with zero attached hydrogens (tertiary/aromatic N) is 3. The number of likely N-dealkylation sites (tertiary alicyclic amines) is 1. The molecule has 0 aliphatic carbocycles. The number of esters is 1. The number of hydrogen-bond acceptors (Lipinski definition) is 4. The topological polar surface area (TPSA) is 63.9 Å². The van der Waals surface area contributed by atoms with Gasteiger partial charge in [0, 0.05) is 36.3 Å². The van der Waals surface area contributed by atoms with Crippen LogP contribution in [0.15, 0.2) is 66.9 Å². The average Bonchev–Trinajstić information content (AvgIpc) is 3.33. The Labute approximate surface area is 240 Å². The maximum absolute atomic E-state index is 13.4. The number of imidazole rings is 1. The number of hydrogen-bond donors (Lipinski definition) is 0. The molecule has 1 aliphatic heterocycles. The number of piperidine rings is 1. The van der Waals surface area contributed by atoms with E-state index in [2.05, 4.69) is 0 Å². The molecule has 1 fully saturated rings. The van der Waals surface area contributed by atoms with Gasteiger partial charge in [0.25, 0.3) is 0 Å². The highest BCUT2D eigenvalue weighted by molar-refractivity contribution is 6.30. The molecule has 1 amide bonds. The molecule has 3 heterocycles. The van der Waals surface area contributed by atoms with Crippen molar-refractivity contribution >= 4 is 29.1 Å². The fraction of sp³-hybridized carbons (Fsp3) is 0.323. The van der Waals surface area contributed by atoms with Crippen molar-refractivity contribution in [3.63, 3.8) is 0 Å². The Morgan fingerprint density at radius 3 is 2.54 bits per heavy atom. The van der Waals surface area contributed by atoms with E-state index in [1.807, 2.05) is 16.5 Å². The molecule has 6 nitrogen and oxygen atoms in total. The minimum absolute atomic E-state index is 0.0787. The largest absolute Gasteiger partial charge is 0.466 e. The second-order valence-electron chi connectivity index (χ2n) is 10.1. The summed E-state index contributed by atoms with van der Waals surface area (Å²) >= 11 is 6.10. The average molecular weight is 584 g/mol. The summed E-state index contributed by atoms with van der Waals surface area (Å²) in [5, 5.41) is 0.572. The molecular weight excluding hydrogens is 555 g/mol. The number of fused-ring (bicyclic) bond motifs is 1. The molecule has 5 rings (SSSR count). The Kier molecular flexibility index (Phi) is 8.35. The third kappa shape index (κ3) is 6.40. The lowest BCUT2D eigenvalue weighted by molar-refractivity contribution is -0.151. The first-order valence-corrected chi connectivity index (χ1v) is 13.9. The van der Waals surface area contributed by atoms with Crippen LogP contribution < -0.4 is 0 Å². The van der Waals surface area contributed by atoms with Gasteiger partial charge in [-0.2, -0.15) is 13.2 Å². The van der Waals surface area contributed by atoms with Gasteiger partial charge >= 0.3 is 12.1 Å². The van der Waals surface area contributed by atoms with Gasteiger partial charge in [-0.3, -0.25) is 9.59 Å². The molecule has 0 bridgehead atoms. The van der Waals surface area contributed by atoms with E-state index in [4.69, 9.17) is 21.3 Å². The summed E-state index contributed by atoms with van der Waals surface area (Å²) in [6.45, 7) is 2.96. The molecule has 2 aromatic carbocycles. The predicted molar refractivity (Wildman–Crippen MR) is 150 cm³/mol. The van der Waals surface area contributed by atoms with Crippen LogP contribution >= 0.6 is 11.6 Å². The number of alkyl halides is 3. The summed E-state index contributed by atoms with van der Waals surface area (Å²) in [4.78, 5) is 32.1. The molecule has 1 atom stereocenters. The molecular formula is C31H29ClF3N3O3. The van der Waals surface area contributed by atoms with Crippen LogP contribution in [-0.4, -0.2) is 45.9 Å². The molecule has 0 saturated carbocycles. The second kappa shape index (κ2) is 11.9. The fourth-order valence-corrected chi connectivity index (χ4v) is 5.38. The van der Waals surface area contributed by atoms with Crippen molar-refractivity contribution in [2.45, 2.75) is 38.8 Å². The lowest BCUT2D eigenvalue weighted by Gasteiger charge is -2.31. The first-order valence-electron chi connectivity index (χ1n) is 13.5. The highest BCUT2D eigenvalue weighted by Crippen LogP contribution is 2.33. The number of rotatable bonds is 7. The van der Waals surface area contributed by atoms with Crippen molar-refractivity contribution in [2.75, 3.05) is 19.7 Å². The van der Waals surface area contributed by atoms with Crippen LogP contribution in [0.5, 0.6) is 0 Å². The summed E-state index contributed by atoms with van der Waals surface area (Å²) in [5.74, 6) is -0.688. The van der Waals surface area contributed by atoms with Crippen LogP contribution in [0.1, 0.15) is 37.4 Å². The summed E-state index contributed by atoms with van der Waals surface area (Å²) in [7, 11) is 0. The van der Waals surface area contributed by atoms with Crippen molar-refractivity contribution in [3.05, 3.63) is 83.1 Å². The fourth-order valence-electron chi connectivity index (χ4n) is 5.26. The number of amides is 1. The normalized spacial score (nSPS) is 15.7. The van der Waals surface area contributed by atoms with Crippen LogP contribution in [0.4, 0.5) is 13.2 Å². The Bertz CT molecular complexity index is 1570. The van der Waals surface area contributed by atoms with Crippen LogP contribution in [-0.2, 0) is 26.9 Å². The molecule has 41 heavy (non-hydrogen) atoms. The number of benzene rings is 2. The van der Waals surface area contributed by atoms with Crippen molar-refractivity contribution in [3.8, 4) is 22.4 Å². The van der Waals surface area contributed by atoms with E-state index in [0.717, 1.165) is 29.8 Å². The lowest BCUT2D eigenvalue weighted by atomic mass is 9.97. The predicted octanol–water partition coefficient (Wildman–Crippen LogP) is 7.07. The van der Waals surface area contributed by atoms with E-state index >= 15 is 0 Å². The van der Waals surface area contributed by atoms with Crippen LogP contribution in [0.25, 0.3) is 28.0 Å². The molecule has 1 aliphatic rings. The summed E-state index contributed by atoms with van der Waals surface area (Å²) < 4.78 is 47.1. The molecule has 0 spiro atoms. The summed E-state index contributed by atoms with van der Waals surface area (Å²) in [6, 6.07) is 15.9. The van der Waals surface area contributed by atoms with Gasteiger partial charge in [-0.05, 0) is 73.7 Å². The number of halogens is 4. The van der Waals surface area contributed by atoms with E-state index in [1.165, 1.54) is 6.07 Å². The summed E-state index contributed by atoms with van der Waals surface area (Å²) in [6.07, 6.45) is -0.768. The van der Waals surface area contributed by atoms with Gasteiger partial charge < -0.3 is 14.0 Å². The molecule has 1 saturated heterocycles. The highest BCUT2D eigenvalue weighted by Gasteiger charge is 2.31. The Morgan fingerprint density at radius 2 is 1.80 bits per heavy atom. The Balaban J connectivity index is 1.47. The van der Waals surface area contributed by atoms with E-state index in [-0.39, 0.29) is 24.2 Å². The van der Waals surface area contributed by atoms with Gasteiger partial charge in [0.1, 0.15) is 5.65 Å². The molecule has 0 N–H and O–H groups in total. The molecule has 0 radical (unpaired) electrons. The van der Waals surface area contributed by atoms with Crippen molar-refractivity contribution in [2.24, 2.45) is 5.92 Å². The number of ether oxygens (including phenoxy) is 1. The number of aromatic nitrogens is 2. The minimum Gasteiger partial charge on any atom is -0.466 e. The second-order valence-corrected chi connectivity index (χ2v) is 10.5. The lowest BCUT2D eigenvalue weighted by Crippen LogP contribution is -2.42. The number of carbonyl (C=O) groups excluding carboxylic acids is 2. The molecule has 214 valence electrons. The molecule has 0 unspecified atom stereocenters. The maximum atomic E-state index is 13.4. The first-order chi connectivity index (χ1) is 19.6. The van der Waals surface area contributed by atoms with Crippen molar-refractivity contribution in [1.29, 1.82) is 0 Å². The zero-order valence-corrected chi connectivity index (χ0v) is 23.2. The van der Waals surface area contributed by atoms with Gasteiger partial charge in [-0.1, -0.05) is 35.9 Å². The van der Waals surface area contributed by atoms with E-state index < -0.39 is 11.7 Å². The van der Waals surface area contributed by atoms with E-state index in [9.17, 15) is 22.8 Å². The van der Waals surface area contributed by atoms with E-state index in [1.54, 1.807) is 48.4 Å². The van der Waals surface area contributed by atoms with Crippen LogP contribution in [0, 0.1) is 5.92 Å². The van der Waals surface area contributed by atoms with Gasteiger partial charge in [0.2, 0.25) is 5.91 Å². The van der Waals surface area contributed by atoms with Crippen LogP contribution in [0.3, 0.4) is 0 Å². The quantitative estimate of drug-likeness (QED) is 0.218. The number of aryl methyl sites for hydroxylation is 1. The smallest absolute Gasteiger partial charge is 0.416 e. The van der Waals surface area contributed by atoms with Gasteiger partial charge in [0.05, 0.1) is 29.5 Å². The third-order valence-electron chi connectivity index (χ3n) is 7.33. The summed E-state index contributed by atoms with van der Waals surface area (Å²) in [5.41, 5.74) is 3.11. The third-order valence-corrected chi connectivity index (χ3v) is 7.58. The van der Waals surface area contributed by atoms with Gasteiger partial charge in [-0.15, -0.1) is 0 Å². The number of pyridine rings is 1. The van der Waals surface area contributed by atoms with Crippen molar-refractivity contribution < 1.29 is 27.5 Å². The Hall–Kier alpha value is -3.85. The Morgan fingerprint density at radius 1 is 1.05 bits per heavy atom. The molecule has 2 aromatic heterocycles. The van der Waals surface area contributed by atoms with Crippen molar-refractivity contribution in [1.82, 2.24) is 14.3 Å². The zero-order chi connectivity index (χ0) is 29.1. The molecule has 4 aromatic rings. The first kappa shape index (κ1) is 28.7. The highest BCUT2D eigenvalue weighted by atomic mass is 35.5. The monoisotopic (exact) mass is 583 g/mol. The molecule has 10 heteroatoms.